The first kappa shape index (κ1) is 49.8. The molecule has 0 aliphatic carbocycles. The minimum absolute atomic E-state index is 0.193. The number of unbranched alkanes of at least 4 members (excludes halogenated alkanes) is 4. The number of aliphatic hydroxyl groups is 1. The second kappa shape index (κ2) is 27.2. The van der Waals surface area contributed by atoms with Gasteiger partial charge in [0, 0.05) is 26.4 Å². The van der Waals surface area contributed by atoms with Crippen LogP contribution in [0.5, 0.6) is 0 Å². The summed E-state index contributed by atoms with van der Waals surface area (Å²) in [6.07, 6.45) is -5.32. The van der Waals surface area contributed by atoms with E-state index in [1.807, 2.05) is 6.92 Å². The van der Waals surface area contributed by atoms with Crippen LogP contribution in [0.15, 0.2) is 91.0 Å². The average molecular weight is 879 g/mol. The van der Waals surface area contributed by atoms with Crippen molar-refractivity contribution >= 4 is 17.9 Å². The van der Waals surface area contributed by atoms with Crippen molar-refractivity contribution in [1.29, 1.82) is 0 Å². The van der Waals surface area contributed by atoms with Crippen molar-refractivity contribution in [3.8, 4) is 0 Å². The van der Waals surface area contributed by atoms with Crippen LogP contribution in [0.25, 0.3) is 0 Å². The van der Waals surface area contributed by atoms with Crippen LogP contribution >= 0.6 is 0 Å². The molecule has 1 N–H and O–H groups in total. The Morgan fingerprint density at radius 2 is 0.937 bits per heavy atom. The van der Waals surface area contributed by atoms with Crippen molar-refractivity contribution in [1.82, 2.24) is 0 Å². The normalized spacial score (nSPS) is 25.9. The van der Waals surface area contributed by atoms with Gasteiger partial charge in [0.1, 0.15) is 43.2 Å². The lowest BCUT2D eigenvalue weighted by molar-refractivity contribution is -0.372. The topological polar surface area (TPSA) is 164 Å². The molecule has 14 heteroatoms. The smallest absolute Gasteiger partial charge is 0.338 e. The van der Waals surface area contributed by atoms with Crippen molar-refractivity contribution in [2.24, 2.45) is 0 Å². The monoisotopic (exact) mass is 878 g/mol. The fourth-order valence-electron chi connectivity index (χ4n) is 7.11. The molecule has 2 fully saturated rings. The zero-order valence-electron chi connectivity index (χ0n) is 37.1. The SMILES string of the molecule is CCCCOCC1O[C@H](OCCCC)C(O[C@H]2OC(COC(=O)c3ccccc3)[C@@H](OC(=O)c3ccccc3)C(O)C2OC(=O)c2ccccc2)C(OCCCC)[C@@H]1OCCCC. The third-order valence-electron chi connectivity index (χ3n) is 10.7. The van der Waals surface area contributed by atoms with Crippen molar-refractivity contribution in [2.75, 3.05) is 39.6 Å². The van der Waals surface area contributed by atoms with E-state index in [1.165, 1.54) is 0 Å². The van der Waals surface area contributed by atoms with E-state index in [0.717, 1.165) is 51.4 Å². The average Bonchev–Trinajstić information content (AvgIpc) is 3.31. The van der Waals surface area contributed by atoms with Crippen LogP contribution in [0, 0.1) is 0 Å². The van der Waals surface area contributed by atoms with Gasteiger partial charge >= 0.3 is 17.9 Å². The summed E-state index contributed by atoms with van der Waals surface area (Å²) in [5.74, 6) is -2.26. The van der Waals surface area contributed by atoms with E-state index in [2.05, 4.69) is 20.8 Å². The number of aliphatic hydroxyl groups excluding tert-OH is 1. The quantitative estimate of drug-likeness (QED) is 0.0479. The number of ether oxygens (including phenoxy) is 10. The molecule has 2 aliphatic heterocycles. The fourth-order valence-corrected chi connectivity index (χ4v) is 7.11. The lowest BCUT2D eigenvalue weighted by Gasteiger charge is -2.49. The summed E-state index contributed by atoms with van der Waals surface area (Å²) in [6, 6.07) is 24.8. The standard InChI is InChI=1S/C49H66O14/c1-5-9-28-54-32-37-41(55-29-10-6-2)43(56-30-11-7-3)44(48(59-37)57-31-12-8-4)63-49-42(62-47(53)36-26-20-15-21-27-36)39(50)40(61-46(52)35-24-18-14-19-25-35)38(60-49)33-58-45(51)34-22-16-13-17-23-34/h13-27,37-44,48-50H,5-12,28-33H2,1-4H3/t37?,38?,39?,40-,41-,42?,43?,44?,48+,49-/m1/s1. The lowest BCUT2D eigenvalue weighted by Crippen LogP contribution is -2.66. The third-order valence-corrected chi connectivity index (χ3v) is 10.7. The Kier molecular flexibility index (Phi) is 21.5. The van der Waals surface area contributed by atoms with Crippen LogP contribution < -0.4 is 0 Å². The van der Waals surface area contributed by atoms with Gasteiger partial charge < -0.3 is 52.5 Å². The van der Waals surface area contributed by atoms with Crippen molar-refractivity contribution in [2.45, 2.75) is 140 Å². The molecule has 3 aromatic carbocycles. The van der Waals surface area contributed by atoms with Gasteiger partial charge in [0.15, 0.2) is 24.8 Å². The molecule has 3 aromatic rings. The summed E-state index contributed by atoms with van der Waals surface area (Å²) in [5.41, 5.74) is 0.662. The highest BCUT2D eigenvalue weighted by molar-refractivity contribution is 5.90. The third kappa shape index (κ3) is 14.9. The number of rotatable bonds is 26. The molecular formula is C49H66O14. The molecule has 5 rings (SSSR count). The Balaban J connectivity index is 1.55. The number of carbonyl (C=O) groups excluding carboxylic acids is 3. The summed E-state index contributed by atoms with van der Waals surface area (Å²) >= 11 is 0. The molecule has 0 aromatic heterocycles. The summed E-state index contributed by atoms with van der Waals surface area (Å²) in [6.45, 7) is 9.64. The lowest BCUT2D eigenvalue weighted by atomic mass is 9.96. The van der Waals surface area contributed by atoms with E-state index in [9.17, 15) is 19.5 Å². The molecule has 0 amide bonds. The number of carbonyl (C=O) groups is 3. The number of hydrogen-bond donors (Lipinski definition) is 1. The predicted molar refractivity (Wildman–Crippen MR) is 232 cm³/mol. The molecule has 14 nitrogen and oxygen atoms in total. The van der Waals surface area contributed by atoms with E-state index in [1.54, 1.807) is 91.0 Å². The van der Waals surface area contributed by atoms with E-state index in [4.69, 9.17) is 47.4 Å². The maximum absolute atomic E-state index is 13.8. The maximum Gasteiger partial charge on any atom is 0.338 e. The second-order valence-electron chi connectivity index (χ2n) is 15.6. The van der Waals surface area contributed by atoms with Gasteiger partial charge in [-0.3, -0.25) is 0 Å². The molecule has 2 saturated heterocycles. The Bertz CT molecular complexity index is 1740. The summed E-state index contributed by atoms with van der Waals surface area (Å²) in [7, 11) is 0. The molecule has 0 bridgehead atoms. The molecule has 346 valence electrons. The second-order valence-corrected chi connectivity index (χ2v) is 15.6. The van der Waals surface area contributed by atoms with E-state index < -0.39 is 85.9 Å². The molecule has 63 heavy (non-hydrogen) atoms. The summed E-state index contributed by atoms with van der Waals surface area (Å²) in [5, 5.41) is 12.3. The predicted octanol–water partition coefficient (Wildman–Crippen LogP) is 7.49. The van der Waals surface area contributed by atoms with Crippen molar-refractivity contribution < 1.29 is 66.9 Å². The maximum atomic E-state index is 13.8. The number of benzene rings is 3. The summed E-state index contributed by atoms with van der Waals surface area (Å²) in [4.78, 5) is 40.7. The Morgan fingerprint density at radius 1 is 0.492 bits per heavy atom. The van der Waals surface area contributed by atoms with Crippen LogP contribution in [0.4, 0.5) is 0 Å². The van der Waals surface area contributed by atoms with Crippen LogP contribution in [-0.4, -0.2) is 124 Å². The van der Waals surface area contributed by atoms with Crippen LogP contribution in [-0.2, 0) is 47.4 Å². The van der Waals surface area contributed by atoms with Gasteiger partial charge in [-0.1, -0.05) is 108 Å². The number of hydrogen-bond acceptors (Lipinski definition) is 14. The zero-order valence-corrected chi connectivity index (χ0v) is 37.1. The van der Waals surface area contributed by atoms with E-state index in [0.29, 0.717) is 26.4 Å². The first-order chi connectivity index (χ1) is 30.8. The largest absolute Gasteiger partial charge is 0.459 e. The molecular weight excluding hydrogens is 813 g/mol. The highest BCUT2D eigenvalue weighted by Gasteiger charge is 2.55. The molecule has 2 heterocycles. The van der Waals surface area contributed by atoms with E-state index in [-0.39, 0.29) is 23.3 Å². The molecule has 6 unspecified atom stereocenters. The number of esters is 3. The van der Waals surface area contributed by atoms with Crippen LogP contribution in [0.1, 0.15) is 110 Å². The molecule has 0 saturated carbocycles. The first-order valence-electron chi connectivity index (χ1n) is 22.6. The highest BCUT2D eigenvalue weighted by Crippen LogP contribution is 2.35. The van der Waals surface area contributed by atoms with Gasteiger partial charge in [0.05, 0.1) is 23.3 Å². The van der Waals surface area contributed by atoms with Crippen molar-refractivity contribution in [3.63, 3.8) is 0 Å². The molecule has 2 aliphatic rings. The van der Waals surface area contributed by atoms with Crippen molar-refractivity contribution in [3.05, 3.63) is 108 Å². The van der Waals surface area contributed by atoms with Gasteiger partial charge in [0.2, 0.25) is 0 Å². The van der Waals surface area contributed by atoms with Gasteiger partial charge in [0.25, 0.3) is 0 Å². The van der Waals surface area contributed by atoms with E-state index >= 15 is 0 Å². The minimum Gasteiger partial charge on any atom is -0.459 e. The molecule has 0 radical (unpaired) electrons. The van der Waals surface area contributed by atoms with Gasteiger partial charge in [-0.25, -0.2) is 14.4 Å². The Hall–Kier alpha value is -4.25. The first-order valence-corrected chi connectivity index (χ1v) is 22.6. The minimum atomic E-state index is -1.76. The summed E-state index contributed by atoms with van der Waals surface area (Å²) < 4.78 is 63.7. The van der Waals surface area contributed by atoms with Gasteiger partial charge in [-0.2, -0.15) is 0 Å². The zero-order chi connectivity index (χ0) is 44.8. The van der Waals surface area contributed by atoms with Gasteiger partial charge in [-0.05, 0) is 62.1 Å². The van der Waals surface area contributed by atoms with Crippen LogP contribution in [0.3, 0.4) is 0 Å². The highest BCUT2D eigenvalue weighted by atomic mass is 16.8. The Morgan fingerprint density at radius 3 is 1.48 bits per heavy atom. The molecule has 0 spiro atoms. The molecule has 10 atom stereocenters. The van der Waals surface area contributed by atoms with Crippen LogP contribution in [0.2, 0.25) is 0 Å². The van der Waals surface area contributed by atoms with Gasteiger partial charge in [-0.15, -0.1) is 0 Å². The fraction of sp³-hybridized carbons (Fsp3) is 0.571. The Labute approximate surface area is 371 Å².